The van der Waals surface area contributed by atoms with E-state index in [-0.39, 0.29) is 36.5 Å². The molecule has 1 N–H and O–H groups in total. The minimum atomic E-state index is -1.45. The van der Waals surface area contributed by atoms with Crippen molar-refractivity contribution in [3.8, 4) is 11.1 Å². The van der Waals surface area contributed by atoms with Gasteiger partial charge in [-0.2, -0.15) is 0 Å². The fourth-order valence-corrected chi connectivity index (χ4v) is 4.43. The van der Waals surface area contributed by atoms with Gasteiger partial charge < -0.3 is 5.11 Å². The first-order valence-corrected chi connectivity index (χ1v) is 10.4. The minimum absolute atomic E-state index is 0.0122. The summed E-state index contributed by atoms with van der Waals surface area (Å²) in [4.78, 5) is 0. The Balaban J connectivity index is 1.80. The summed E-state index contributed by atoms with van der Waals surface area (Å²) in [6.07, 6.45) is 1.44. The lowest BCUT2D eigenvalue weighted by Gasteiger charge is -2.35. The van der Waals surface area contributed by atoms with Crippen LogP contribution in [-0.2, 0) is 6.61 Å². The standard InChI is InChI=1S/C24H28F4O/c1-2-3-4-5-16-10-19(25)24(20(26)11-16)18-12-21(27)23(22(28)13-18)17-8-6-15(14-29)7-9-17/h6-9,12-13,16,19-20,24,29H,2-5,10-11,14H2,1H3. The van der Waals surface area contributed by atoms with Crippen LogP contribution < -0.4 is 0 Å². The average molecular weight is 408 g/mol. The molecule has 0 spiro atoms. The van der Waals surface area contributed by atoms with E-state index in [0.717, 1.165) is 37.8 Å². The second kappa shape index (κ2) is 9.75. The highest BCUT2D eigenvalue weighted by Gasteiger charge is 2.39. The highest BCUT2D eigenvalue weighted by Crippen LogP contribution is 2.43. The first kappa shape index (κ1) is 21.8. The summed E-state index contributed by atoms with van der Waals surface area (Å²) in [5.74, 6) is -2.81. The molecule has 0 radical (unpaired) electrons. The van der Waals surface area contributed by atoms with Crippen LogP contribution in [0.4, 0.5) is 17.6 Å². The summed E-state index contributed by atoms with van der Waals surface area (Å²) in [5.41, 5.74) is 0.763. The van der Waals surface area contributed by atoms with Gasteiger partial charge in [0, 0.05) is 5.92 Å². The Morgan fingerprint density at radius 2 is 1.52 bits per heavy atom. The Morgan fingerprint density at radius 1 is 0.931 bits per heavy atom. The van der Waals surface area contributed by atoms with Crippen LogP contribution in [0.5, 0.6) is 0 Å². The molecular weight excluding hydrogens is 380 g/mol. The van der Waals surface area contributed by atoms with Gasteiger partial charge in [0.2, 0.25) is 0 Å². The van der Waals surface area contributed by atoms with Gasteiger partial charge in [-0.3, -0.25) is 0 Å². The van der Waals surface area contributed by atoms with Crippen molar-refractivity contribution in [3.63, 3.8) is 0 Å². The molecule has 1 saturated carbocycles. The van der Waals surface area contributed by atoms with Gasteiger partial charge in [-0.05, 0) is 47.6 Å². The summed E-state index contributed by atoms with van der Waals surface area (Å²) in [6.45, 7) is 1.92. The van der Waals surface area contributed by atoms with Gasteiger partial charge in [-0.25, -0.2) is 17.6 Å². The van der Waals surface area contributed by atoms with E-state index in [2.05, 4.69) is 6.92 Å². The van der Waals surface area contributed by atoms with Crippen LogP contribution in [0, 0.1) is 17.6 Å². The van der Waals surface area contributed by atoms with Gasteiger partial charge in [0.25, 0.3) is 0 Å². The third-order valence-electron chi connectivity index (χ3n) is 5.99. The number of aliphatic hydroxyl groups is 1. The normalized spacial score (nSPS) is 24.6. The van der Waals surface area contributed by atoms with Gasteiger partial charge >= 0.3 is 0 Å². The SMILES string of the molecule is CCCCCC1CC(F)C(c2cc(F)c(-c3ccc(CO)cc3)c(F)c2)C(F)C1. The van der Waals surface area contributed by atoms with E-state index in [1.54, 1.807) is 12.1 Å². The average Bonchev–Trinajstić information content (AvgIpc) is 2.68. The maximum atomic E-state index is 14.8. The molecule has 0 heterocycles. The largest absolute Gasteiger partial charge is 0.392 e. The van der Waals surface area contributed by atoms with Crippen molar-refractivity contribution < 1.29 is 22.7 Å². The number of alkyl halides is 2. The predicted molar refractivity (Wildman–Crippen MR) is 107 cm³/mol. The van der Waals surface area contributed by atoms with Crippen LogP contribution in [0.1, 0.15) is 62.5 Å². The zero-order valence-electron chi connectivity index (χ0n) is 16.7. The molecule has 2 atom stereocenters. The molecule has 1 aliphatic rings. The van der Waals surface area contributed by atoms with Crippen LogP contribution in [0.15, 0.2) is 36.4 Å². The first-order chi connectivity index (χ1) is 13.9. The van der Waals surface area contributed by atoms with E-state index in [9.17, 15) is 17.6 Å². The van der Waals surface area contributed by atoms with Crippen molar-refractivity contribution in [2.45, 2.75) is 70.3 Å². The summed E-state index contributed by atoms with van der Waals surface area (Å²) in [5, 5.41) is 9.10. The summed E-state index contributed by atoms with van der Waals surface area (Å²) in [6, 6.07) is 8.34. The summed E-state index contributed by atoms with van der Waals surface area (Å²) in [7, 11) is 0. The van der Waals surface area contributed by atoms with Crippen molar-refractivity contribution in [2.75, 3.05) is 0 Å². The van der Waals surface area contributed by atoms with Gasteiger partial charge in [-0.1, -0.05) is 56.9 Å². The number of unbranched alkanes of at least 4 members (excludes halogenated alkanes) is 2. The van der Waals surface area contributed by atoms with Crippen LogP contribution >= 0.6 is 0 Å². The Labute approximate surface area is 169 Å². The zero-order valence-corrected chi connectivity index (χ0v) is 16.7. The fourth-order valence-electron chi connectivity index (χ4n) is 4.43. The smallest absolute Gasteiger partial charge is 0.134 e. The molecule has 0 aromatic heterocycles. The minimum Gasteiger partial charge on any atom is -0.392 e. The lowest BCUT2D eigenvalue weighted by Crippen LogP contribution is -2.34. The van der Waals surface area contributed by atoms with Crippen LogP contribution in [-0.4, -0.2) is 17.4 Å². The van der Waals surface area contributed by atoms with E-state index in [4.69, 9.17) is 5.11 Å². The molecule has 0 amide bonds. The van der Waals surface area contributed by atoms with Gasteiger partial charge in [0.1, 0.15) is 24.0 Å². The third kappa shape index (κ3) is 5.00. The molecule has 1 nitrogen and oxygen atoms in total. The van der Waals surface area contributed by atoms with Crippen molar-refractivity contribution in [1.82, 2.24) is 0 Å². The predicted octanol–water partition coefficient (Wildman–Crippen LogP) is 6.87. The molecular formula is C24H28F4O. The molecule has 29 heavy (non-hydrogen) atoms. The molecule has 0 aliphatic heterocycles. The molecule has 158 valence electrons. The maximum absolute atomic E-state index is 14.8. The molecule has 1 fully saturated rings. The fraction of sp³-hybridized carbons (Fsp3) is 0.500. The van der Waals surface area contributed by atoms with E-state index in [1.165, 1.54) is 12.1 Å². The van der Waals surface area contributed by atoms with E-state index in [0.29, 0.717) is 11.1 Å². The molecule has 1 aliphatic carbocycles. The summed E-state index contributed by atoms with van der Waals surface area (Å²) >= 11 is 0. The second-order valence-corrected chi connectivity index (χ2v) is 8.11. The number of rotatable bonds is 7. The Bertz CT molecular complexity index is 770. The highest BCUT2D eigenvalue weighted by molar-refractivity contribution is 5.65. The third-order valence-corrected chi connectivity index (χ3v) is 5.99. The van der Waals surface area contributed by atoms with Gasteiger partial charge in [0.15, 0.2) is 0 Å². The lowest BCUT2D eigenvalue weighted by molar-refractivity contribution is 0.0820. The topological polar surface area (TPSA) is 20.2 Å². The molecule has 2 aromatic carbocycles. The second-order valence-electron chi connectivity index (χ2n) is 8.11. The zero-order chi connectivity index (χ0) is 21.0. The molecule has 3 rings (SSSR count). The number of benzene rings is 2. The van der Waals surface area contributed by atoms with E-state index < -0.39 is 29.9 Å². The molecule has 5 heteroatoms. The van der Waals surface area contributed by atoms with Crippen LogP contribution in [0.2, 0.25) is 0 Å². The monoisotopic (exact) mass is 408 g/mol. The van der Waals surface area contributed by atoms with E-state index in [1.807, 2.05) is 0 Å². The molecule has 2 aromatic rings. The molecule has 0 bridgehead atoms. The summed E-state index contributed by atoms with van der Waals surface area (Å²) < 4.78 is 59.1. The molecule has 2 unspecified atom stereocenters. The number of hydrogen-bond donors (Lipinski definition) is 1. The van der Waals surface area contributed by atoms with Gasteiger partial charge in [-0.15, -0.1) is 0 Å². The first-order valence-electron chi connectivity index (χ1n) is 10.4. The quantitative estimate of drug-likeness (QED) is 0.391. The van der Waals surface area contributed by atoms with Crippen LogP contribution in [0.3, 0.4) is 0 Å². The Kier molecular flexibility index (Phi) is 7.33. The molecule has 0 saturated heterocycles. The maximum Gasteiger partial charge on any atom is 0.134 e. The van der Waals surface area contributed by atoms with Gasteiger partial charge in [0.05, 0.1) is 12.2 Å². The van der Waals surface area contributed by atoms with Crippen molar-refractivity contribution >= 4 is 0 Å². The number of hydrogen-bond acceptors (Lipinski definition) is 1. The van der Waals surface area contributed by atoms with Crippen molar-refractivity contribution in [1.29, 1.82) is 0 Å². The highest BCUT2D eigenvalue weighted by atomic mass is 19.2. The lowest BCUT2D eigenvalue weighted by atomic mass is 9.74. The van der Waals surface area contributed by atoms with Crippen molar-refractivity contribution in [3.05, 3.63) is 59.2 Å². The van der Waals surface area contributed by atoms with Crippen molar-refractivity contribution in [2.24, 2.45) is 5.92 Å². The van der Waals surface area contributed by atoms with E-state index >= 15 is 0 Å². The number of aliphatic hydroxyl groups excluding tert-OH is 1. The Morgan fingerprint density at radius 3 is 2.03 bits per heavy atom. The Hall–Kier alpha value is -1.88. The number of halogens is 4. The van der Waals surface area contributed by atoms with Crippen LogP contribution in [0.25, 0.3) is 11.1 Å².